The molecular weight excluding hydrogens is 365 g/mol. The zero-order valence-corrected chi connectivity index (χ0v) is 18.8. The highest BCUT2D eigenvalue weighted by Gasteiger charge is 2.39. The molecule has 0 bridgehead atoms. The number of fused-ring (bicyclic) bond motifs is 3. The van der Waals surface area contributed by atoms with Crippen LogP contribution in [0.4, 0.5) is 10.2 Å². The second-order valence-corrected chi connectivity index (χ2v) is 9.18. The van der Waals surface area contributed by atoms with Crippen molar-refractivity contribution in [3.8, 4) is 17.0 Å². The number of ether oxygens (including phenoxy) is 1. The minimum atomic E-state index is -0.234. The average molecular weight is 400 g/mol. The number of pyridine rings is 1. The van der Waals surface area contributed by atoms with Crippen LogP contribution in [-0.4, -0.2) is 29.2 Å². The first kappa shape index (κ1) is 21.6. The molecule has 1 aromatic carbocycles. The minimum absolute atomic E-state index is 0.0713. The molecule has 1 fully saturated rings. The summed E-state index contributed by atoms with van der Waals surface area (Å²) >= 11 is 0. The zero-order chi connectivity index (χ0) is 21.4. The molecule has 4 nitrogen and oxygen atoms in total. The number of benzene rings is 1. The summed E-state index contributed by atoms with van der Waals surface area (Å²) < 4.78 is 19.6. The molecule has 0 radical (unpaired) electrons. The first-order valence-corrected chi connectivity index (χ1v) is 10.6. The van der Waals surface area contributed by atoms with E-state index in [1.807, 2.05) is 26.0 Å². The Morgan fingerprint density at radius 1 is 1.03 bits per heavy atom. The number of nitrogens with zero attached hydrogens (tertiary/aromatic N) is 2. The summed E-state index contributed by atoms with van der Waals surface area (Å²) in [4.78, 5) is 7.03. The average Bonchev–Trinajstić information content (AvgIpc) is 2.66. The molecule has 2 aliphatic heterocycles. The van der Waals surface area contributed by atoms with Gasteiger partial charge in [-0.1, -0.05) is 19.9 Å². The van der Waals surface area contributed by atoms with Crippen molar-refractivity contribution in [2.75, 3.05) is 11.9 Å². The molecule has 1 aromatic heterocycles. The fourth-order valence-corrected chi connectivity index (χ4v) is 4.74. The third-order valence-electron chi connectivity index (χ3n) is 5.65. The van der Waals surface area contributed by atoms with Gasteiger partial charge in [-0.05, 0) is 75.9 Å². The van der Waals surface area contributed by atoms with Gasteiger partial charge < -0.3 is 15.0 Å². The van der Waals surface area contributed by atoms with Gasteiger partial charge in [-0.25, -0.2) is 4.39 Å². The van der Waals surface area contributed by atoms with Gasteiger partial charge in [-0.3, -0.25) is 0 Å². The van der Waals surface area contributed by atoms with Crippen molar-refractivity contribution in [2.45, 2.75) is 78.1 Å². The molecule has 0 amide bonds. The Balaban J connectivity index is 0.00000117. The summed E-state index contributed by atoms with van der Waals surface area (Å²) in [6.07, 6.45) is 2.08. The smallest absolute Gasteiger partial charge is 0.223 e. The monoisotopic (exact) mass is 399 g/mol. The molecule has 1 saturated heterocycles. The van der Waals surface area contributed by atoms with Crippen molar-refractivity contribution in [1.29, 1.82) is 0 Å². The Bertz CT molecular complexity index is 862. The van der Waals surface area contributed by atoms with E-state index >= 15 is 0 Å². The highest BCUT2D eigenvalue weighted by atomic mass is 19.1. The van der Waals surface area contributed by atoms with E-state index in [9.17, 15) is 4.39 Å². The van der Waals surface area contributed by atoms with Crippen molar-refractivity contribution in [2.24, 2.45) is 0 Å². The lowest BCUT2D eigenvalue weighted by Gasteiger charge is -2.49. The summed E-state index contributed by atoms with van der Waals surface area (Å²) in [6.45, 7) is 13.4. The van der Waals surface area contributed by atoms with Crippen LogP contribution in [0.3, 0.4) is 0 Å². The molecule has 0 saturated carbocycles. The molecule has 1 N–H and O–H groups in total. The Kier molecular flexibility index (Phi) is 5.91. The van der Waals surface area contributed by atoms with E-state index in [1.165, 1.54) is 6.07 Å². The van der Waals surface area contributed by atoms with Crippen LogP contribution in [0.15, 0.2) is 30.3 Å². The molecule has 158 valence electrons. The van der Waals surface area contributed by atoms with Gasteiger partial charge in [0, 0.05) is 29.7 Å². The number of aromatic nitrogens is 1. The van der Waals surface area contributed by atoms with E-state index in [0.29, 0.717) is 18.5 Å². The van der Waals surface area contributed by atoms with Gasteiger partial charge in [0.15, 0.2) is 0 Å². The fourth-order valence-electron chi connectivity index (χ4n) is 4.74. The number of anilines is 1. The lowest BCUT2D eigenvalue weighted by molar-refractivity contribution is 0.160. The highest BCUT2D eigenvalue weighted by Crippen LogP contribution is 2.39. The molecule has 0 atom stereocenters. The van der Waals surface area contributed by atoms with Crippen LogP contribution >= 0.6 is 0 Å². The van der Waals surface area contributed by atoms with Crippen LogP contribution in [0, 0.1) is 5.82 Å². The number of piperidine rings is 1. The number of halogens is 1. The summed E-state index contributed by atoms with van der Waals surface area (Å²) in [5.74, 6) is 1.25. The van der Waals surface area contributed by atoms with Gasteiger partial charge >= 0.3 is 0 Å². The SMILES string of the molecule is CC.CN(c1ccc2c(n1)OCc1ccc(F)cc1-2)C1CC(C)(C)NC(C)(C)C1. The van der Waals surface area contributed by atoms with Gasteiger partial charge in [0.2, 0.25) is 5.88 Å². The van der Waals surface area contributed by atoms with Gasteiger partial charge in [-0.2, -0.15) is 4.98 Å². The van der Waals surface area contributed by atoms with Crippen LogP contribution in [0.5, 0.6) is 5.88 Å². The Labute approximate surface area is 174 Å². The van der Waals surface area contributed by atoms with E-state index in [-0.39, 0.29) is 16.9 Å². The summed E-state index contributed by atoms with van der Waals surface area (Å²) in [7, 11) is 2.10. The summed E-state index contributed by atoms with van der Waals surface area (Å²) in [6, 6.07) is 9.23. The Hall–Kier alpha value is -2.14. The summed E-state index contributed by atoms with van der Waals surface area (Å²) in [5, 5.41) is 3.73. The van der Waals surface area contributed by atoms with E-state index in [0.717, 1.165) is 35.3 Å². The van der Waals surface area contributed by atoms with Crippen LogP contribution in [0.2, 0.25) is 0 Å². The molecule has 29 heavy (non-hydrogen) atoms. The normalized spacial score (nSPS) is 19.2. The first-order chi connectivity index (χ1) is 13.6. The lowest BCUT2D eigenvalue weighted by atomic mass is 9.79. The third kappa shape index (κ3) is 4.55. The lowest BCUT2D eigenvalue weighted by Crippen LogP contribution is -2.62. The van der Waals surface area contributed by atoms with E-state index in [4.69, 9.17) is 9.72 Å². The Morgan fingerprint density at radius 3 is 2.34 bits per heavy atom. The van der Waals surface area contributed by atoms with Crippen LogP contribution < -0.4 is 15.0 Å². The maximum Gasteiger partial charge on any atom is 0.223 e. The van der Waals surface area contributed by atoms with Crippen molar-refractivity contribution in [3.63, 3.8) is 0 Å². The predicted molar refractivity (Wildman–Crippen MR) is 118 cm³/mol. The number of hydrogen-bond acceptors (Lipinski definition) is 4. The van der Waals surface area contributed by atoms with Crippen molar-refractivity contribution >= 4 is 5.82 Å². The van der Waals surface area contributed by atoms with Crippen molar-refractivity contribution in [1.82, 2.24) is 10.3 Å². The van der Waals surface area contributed by atoms with Gasteiger partial charge in [0.25, 0.3) is 0 Å². The first-order valence-electron chi connectivity index (χ1n) is 10.6. The minimum Gasteiger partial charge on any atom is -0.472 e. The highest BCUT2D eigenvalue weighted by molar-refractivity contribution is 5.74. The molecule has 5 heteroatoms. The molecule has 2 aromatic rings. The van der Waals surface area contributed by atoms with Crippen LogP contribution in [0.1, 0.15) is 59.9 Å². The van der Waals surface area contributed by atoms with E-state index in [1.54, 1.807) is 12.1 Å². The molecule has 3 heterocycles. The molecule has 0 spiro atoms. The van der Waals surface area contributed by atoms with E-state index in [2.05, 4.69) is 45.0 Å². The maximum atomic E-state index is 13.7. The fraction of sp³-hybridized carbons (Fsp3) is 0.542. The van der Waals surface area contributed by atoms with Crippen molar-refractivity contribution in [3.05, 3.63) is 41.7 Å². The largest absolute Gasteiger partial charge is 0.472 e. The van der Waals surface area contributed by atoms with Crippen molar-refractivity contribution < 1.29 is 9.13 Å². The molecule has 0 aliphatic carbocycles. The second kappa shape index (κ2) is 7.94. The van der Waals surface area contributed by atoms with Gasteiger partial charge in [-0.15, -0.1) is 0 Å². The predicted octanol–water partition coefficient (Wildman–Crippen LogP) is 5.55. The number of rotatable bonds is 2. The standard InChI is InChI=1S/C22H28FN3O.C2H6/c1-21(2)11-16(12-22(3,4)25-21)26(5)19-9-8-17-18-10-15(23)7-6-14(18)13-27-20(17)24-19;1-2/h6-10,16,25H,11-13H2,1-5H3;1-2H3. The van der Waals surface area contributed by atoms with Gasteiger partial charge in [0.1, 0.15) is 18.2 Å². The topological polar surface area (TPSA) is 37.4 Å². The second-order valence-electron chi connectivity index (χ2n) is 9.18. The molecule has 4 rings (SSSR count). The van der Waals surface area contributed by atoms with Crippen LogP contribution in [0.25, 0.3) is 11.1 Å². The van der Waals surface area contributed by atoms with Gasteiger partial charge in [0.05, 0.1) is 0 Å². The van der Waals surface area contributed by atoms with Crippen LogP contribution in [-0.2, 0) is 6.61 Å². The number of hydrogen-bond donors (Lipinski definition) is 1. The Morgan fingerprint density at radius 2 is 1.69 bits per heavy atom. The third-order valence-corrected chi connectivity index (χ3v) is 5.65. The summed E-state index contributed by atoms with van der Waals surface area (Å²) in [5.41, 5.74) is 2.87. The number of nitrogens with one attached hydrogen (secondary N) is 1. The molecule has 0 unspecified atom stereocenters. The molecular formula is C24H34FN3O. The van der Waals surface area contributed by atoms with E-state index < -0.39 is 0 Å². The zero-order valence-electron chi connectivity index (χ0n) is 18.8. The quantitative estimate of drug-likeness (QED) is 0.718. The maximum absolute atomic E-state index is 13.7. The molecule has 2 aliphatic rings.